The molecule has 0 heterocycles. The maximum atomic E-state index is 3.26. The molecular formula is C30H50. The quantitative estimate of drug-likeness (QED) is 0.222. The summed E-state index contributed by atoms with van der Waals surface area (Å²) in [7, 11) is 0. The molecule has 0 nitrogen and oxygen atoms in total. The Balaban J connectivity index is 1.53. The molecule has 0 aliphatic heterocycles. The summed E-state index contributed by atoms with van der Waals surface area (Å²) in [5, 5.41) is 0. The fraction of sp³-hybridized carbons (Fsp3) is 0.800. The average Bonchev–Trinajstić information content (AvgIpc) is 2.78. The molecule has 0 aromatic carbocycles. The van der Waals surface area contributed by atoms with Gasteiger partial charge in [0.05, 0.1) is 0 Å². The third kappa shape index (κ3) is 11.4. The Hall–Kier alpha value is -0.960. The largest absolute Gasteiger partial charge is 0.0730 e. The Morgan fingerprint density at radius 3 is 1.30 bits per heavy atom. The molecule has 0 aromatic rings. The van der Waals surface area contributed by atoms with Crippen LogP contribution in [0.25, 0.3) is 0 Å². The lowest BCUT2D eigenvalue weighted by molar-refractivity contribution is 0.289. The number of hydrogen-bond acceptors (Lipinski definition) is 0. The zero-order valence-corrected chi connectivity index (χ0v) is 20.3. The van der Waals surface area contributed by atoms with Crippen molar-refractivity contribution in [3.05, 3.63) is 24.3 Å². The molecule has 0 heteroatoms. The van der Waals surface area contributed by atoms with E-state index in [9.17, 15) is 0 Å². The lowest BCUT2D eigenvalue weighted by Gasteiger charge is -2.26. The van der Waals surface area contributed by atoms with Crippen LogP contribution in [-0.2, 0) is 0 Å². The van der Waals surface area contributed by atoms with Crippen molar-refractivity contribution in [1.82, 2.24) is 0 Å². The molecule has 0 saturated heterocycles. The van der Waals surface area contributed by atoms with Crippen LogP contribution in [-0.4, -0.2) is 0 Å². The molecule has 0 aromatic heterocycles. The first-order valence-electron chi connectivity index (χ1n) is 13.7. The Morgan fingerprint density at radius 2 is 0.933 bits per heavy atom. The first-order valence-corrected chi connectivity index (χ1v) is 13.7. The molecule has 0 amide bonds. The zero-order chi connectivity index (χ0) is 21.3. The smallest absolute Gasteiger partial charge is 0.0153 e. The van der Waals surface area contributed by atoms with Gasteiger partial charge in [-0.15, -0.1) is 0 Å². The summed E-state index contributed by atoms with van der Waals surface area (Å²) >= 11 is 0. The molecule has 30 heavy (non-hydrogen) atoms. The third-order valence-corrected chi connectivity index (χ3v) is 7.70. The summed E-state index contributed by atoms with van der Waals surface area (Å²) < 4.78 is 0. The van der Waals surface area contributed by atoms with Crippen LogP contribution < -0.4 is 0 Å². The van der Waals surface area contributed by atoms with Gasteiger partial charge in [-0.2, -0.15) is 0 Å². The first-order chi connectivity index (χ1) is 14.8. The molecule has 0 atom stereocenters. The van der Waals surface area contributed by atoms with E-state index in [0.29, 0.717) is 0 Å². The molecule has 2 rings (SSSR count). The minimum absolute atomic E-state index is 0.780. The van der Waals surface area contributed by atoms with E-state index in [0.717, 1.165) is 23.7 Å². The summed E-state index contributed by atoms with van der Waals surface area (Å²) in [4.78, 5) is 0. The van der Waals surface area contributed by atoms with Crippen molar-refractivity contribution in [2.24, 2.45) is 23.7 Å². The Kier molecular flexibility index (Phi) is 14.1. The summed E-state index contributed by atoms with van der Waals surface area (Å²) in [6.45, 7) is 4.61. The maximum absolute atomic E-state index is 3.26. The van der Waals surface area contributed by atoms with Crippen molar-refractivity contribution < 1.29 is 0 Å². The van der Waals surface area contributed by atoms with Crippen molar-refractivity contribution in [2.75, 3.05) is 0 Å². The molecule has 0 unspecified atom stereocenters. The maximum Gasteiger partial charge on any atom is -0.0153 e. The van der Waals surface area contributed by atoms with E-state index in [-0.39, 0.29) is 0 Å². The summed E-state index contributed by atoms with van der Waals surface area (Å²) in [5.41, 5.74) is 0. The van der Waals surface area contributed by atoms with Crippen LogP contribution in [0.15, 0.2) is 24.3 Å². The first kappa shape index (κ1) is 25.3. The molecule has 2 aliphatic rings. The van der Waals surface area contributed by atoms with Gasteiger partial charge in [-0.1, -0.05) is 102 Å². The second-order valence-electron chi connectivity index (χ2n) is 10.3. The monoisotopic (exact) mass is 410 g/mol. The second-order valence-corrected chi connectivity index (χ2v) is 10.3. The van der Waals surface area contributed by atoms with E-state index in [1.165, 1.54) is 116 Å². The van der Waals surface area contributed by atoms with Crippen LogP contribution in [0.3, 0.4) is 0 Å². The van der Waals surface area contributed by atoms with Crippen molar-refractivity contribution in [1.29, 1.82) is 0 Å². The van der Waals surface area contributed by atoms with Gasteiger partial charge in [0.2, 0.25) is 0 Å². The lowest BCUT2D eigenvalue weighted by Crippen LogP contribution is -2.13. The number of hydrogen-bond donors (Lipinski definition) is 0. The zero-order valence-electron chi connectivity index (χ0n) is 20.3. The van der Waals surface area contributed by atoms with Gasteiger partial charge < -0.3 is 0 Å². The Bertz CT molecular complexity index is 466. The van der Waals surface area contributed by atoms with Gasteiger partial charge in [-0.25, -0.2) is 0 Å². The van der Waals surface area contributed by atoms with Crippen LogP contribution in [0.4, 0.5) is 0 Å². The molecule has 2 fully saturated rings. The van der Waals surface area contributed by atoms with Gasteiger partial charge in [0.15, 0.2) is 0 Å². The standard InChI is InChI=1S/C30H50/c1-3-5-7-11-15-27-19-23-29(24-20-27)17-13-9-10-14-18-30-25-21-28(22-26-30)16-12-8-6-4-2/h13-14,17-18,27-30H,3-8,11-12,15-16,19-26H2,1-2H3. The predicted octanol–water partition coefficient (Wildman–Crippen LogP) is 9.66. The van der Waals surface area contributed by atoms with Gasteiger partial charge in [0.25, 0.3) is 0 Å². The van der Waals surface area contributed by atoms with E-state index in [4.69, 9.17) is 0 Å². The highest BCUT2D eigenvalue weighted by Gasteiger charge is 2.19. The van der Waals surface area contributed by atoms with E-state index in [2.05, 4.69) is 50.0 Å². The predicted molar refractivity (Wildman–Crippen MR) is 134 cm³/mol. The lowest BCUT2D eigenvalue weighted by atomic mass is 9.79. The van der Waals surface area contributed by atoms with Crippen molar-refractivity contribution >= 4 is 0 Å². The van der Waals surface area contributed by atoms with E-state index in [1.807, 2.05) is 0 Å². The summed E-state index contributed by atoms with van der Waals surface area (Å²) in [5.74, 6) is 10.1. The van der Waals surface area contributed by atoms with Gasteiger partial charge >= 0.3 is 0 Å². The molecule has 0 N–H and O–H groups in total. The van der Waals surface area contributed by atoms with Crippen LogP contribution >= 0.6 is 0 Å². The molecule has 2 saturated carbocycles. The van der Waals surface area contributed by atoms with Crippen molar-refractivity contribution in [2.45, 2.75) is 129 Å². The van der Waals surface area contributed by atoms with Gasteiger partial charge in [-0.3, -0.25) is 0 Å². The minimum atomic E-state index is 0.780. The SMILES string of the molecule is CCCCCCC1CCC(C=CC#CC=CC2CCC(CCCCCC)CC2)CC1. The molecule has 2 aliphatic carbocycles. The highest BCUT2D eigenvalue weighted by molar-refractivity contribution is 5.24. The molecule has 170 valence electrons. The van der Waals surface area contributed by atoms with Gasteiger partial charge in [-0.05, 0) is 87.2 Å². The van der Waals surface area contributed by atoms with Crippen LogP contribution in [0.2, 0.25) is 0 Å². The van der Waals surface area contributed by atoms with E-state index in [1.54, 1.807) is 0 Å². The molecule has 0 spiro atoms. The minimum Gasteiger partial charge on any atom is -0.0730 e. The van der Waals surface area contributed by atoms with Crippen molar-refractivity contribution in [3.63, 3.8) is 0 Å². The normalized spacial score (nSPS) is 27.4. The van der Waals surface area contributed by atoms with Gasteiger partial charge in [0.1, 0.15) is 0 Å². The highest BCUT2D eigenvalue weighted by atomic mass is 14.2. The molecule has 0 bridgehead atoms. The summed E-state index contributed by atoms with van der Waals surface area (Å²) in [6, 6.07) is 0. The number of rotatable bonds is 12. The Morgan fingerprint density at radius 1 is 0.533 bits per heavy atom. The van der Waals surface area contributed by atoms with Crippen molar-refractivity contribution in [3.8, 4) is 11.8 Å². The Labute approximate surface area is 189 Å². The highest BCUT2D eigenvalue weighted by Crippen LogP contribution is 2.33. The van der Waals surface area contributed by atoms with Crippen LogP contribution in [0, 0.1) is 35.5 Å². The van der Waals surface area contributed by atoms with Crippen LogP contribution in [0.1, 0.15) is 129 Å². The van der Waals surface area contributed by atoms with E-state index < -0.39 is 0 Å². The topological polar surface area (TPSA) is 0 Å². The van der Waals surface area contributed by atoms with Gasteiger partial charge in [0, 0.05) is 0 Å². The summed E-state index contributed by atoms with van der Waals surface area (Å²) in [6.07, 6.45) is 34.6. The second kappa shape index (κ2) is 16.7. The third-order valence-electron chi connectivity index (χ3n) is 7.70. The number of unbranched alkanes of at least 4 members (excludes halogenated alkanes) is 6. The number of allylic oxidation sites excluding steroid dienone is 4. The molecular weight excluding hydrogens is 360 g/mol. The van der Waals surface area contributed by atoms with E-state index >= 15 is 0 Å². The van der Waals surface area contributed by atoms with Crippen LogP contribution in [0.5, 0.6) is 0 Å². The average molecular weight is 411 g/mol. The fourth-order valence-corrected chi connectivity index (χ4v) is 5.52. The molecule has 0 radical (unpaired) electrons. The fourth-order valence-electron chi connectivity index (χ4n) is 5.52.